The van der Waals surface area contributed by atoms with Gasteiger partial charge >= 0.3 is 0 Å². The highest BCUT2D eigenvalue weighted by molar-refractivity contribution is 5.92. The van der Waals surface area contributed by atoms with Gasteiger partial charge in [0.2, 0.25) is 5.88 Å². The number of fused-ring (bicyclic) bond motifs is 3. The van der Waals surface area contributed by atoms with E-state index in [1.54, 1.807) is 10.7 Å². The van der Waals surface area contributed by atoms with Gasteiger partial charge in [-0.2, -0.15) is 5.10 Å². The fraction of sp³-hybridized carbons (Fsp3) is 0.733. The van der Waals surface area contributed by atoms with Crippen LogP contribution in [0.4, 0.5) is 0 Å². The molecule has 2 saturated carbocycles. The van der Waals surface area contributed by atoms with Crippen molar-refractivity contribution in [2.24, 2.45) is 17.8 Å². The molecular formula is C15H21N3O2. The molecule has 1 N–H and O–H groups in total. The van der Waals surface area contributed by atoms with Crippen LogP contribution in [0, 0.1) is 17.8 Å². The Labute approximate surface area is 118 Å². The zero-order valence-corrected chi connectivity index (χ0v) is 11.8. The third-order valence-electron chi connectivity index (χ3n) is 5.32. The smallest absolute Gasteiger partial charge is 0.272 e. The fourth-order valence-corrected chi connectivity index (χ4v) is 4.32. The molecule has 1 amide bonds. The molecule has 0 saturated heterocycles. The number of aromatic nitrogens is 2. The molecule has 2 bridgehead atoms. The lowest BCUT2D eigenvalue weighted by Gasteiger charge is -2.28. The minimum absolute atomic E-state index is 0.0641. The molecule has 0 spiro atoms. The van der Waals surface area contributed by atoms with Gasteiger partial charge in [-0.1, -0.05) is 6.42 Å². The molecule has 4 atom stereocenters. The monoisotopic (exact) mass is 275 g/mol. The van der Waals surface area contributed by atoms with E-state index in [9.17, 15) is 4.79 Å². The Morgan fingerprint density at radius 3 is 3.10 bits per heavy atom. The SMILES string of the molecule is CC(NC(=O)c1cc2n(n1)CCO2)C1CC2CCC1C2. The number of hydrogen-bond donors (Lipinski definition) is 1. The molecular weight excluding hydrogens is 254 g/mol. The molecule has 0 aromatic carbocycles. The van der Waals surface area contributed by atoms with Gasteiger partial charge in [0.25, 0.3) is 5.91 Å². The zero-order valence-electron chi connectivity index (χ0n) is 11.8. The first-order valence-electron chi connectivity index (χ1n) is 7.72. The van der Waals surface area contributed by atoms with Crippen LogP contribution in [0.25, 0.3) is 0 Å². The maximum atomic E-state index is 12.3. The molecule has 4 unspecified atom stereocenters. The van der Waals surface area contributed by atoms with Gasteiger partial charge in [-0.25, -0.2) is 4.68 Å². The lowest BCUT2D eigenvalue weighted by Crippen LogP contribution is -2.40. The maximum absolute atomic E-state index is 12.3. The van der Waals surface area contributed by atoms with Gasteiger partial charge in [0.05, 0.1) is 6.54 Å². The third kappa shape index (κ3) is 1.91. The summed E-state index contributed by atoms with van der Waals surface area (Å²) in [7, 11) is 0. The largest absolute Gasteiger partial charge is 0.476 e. The topological polar surface area (TPSA) is 56.2 Å². The normalized spacial score (nSPS) is 31.9. The second-order valence-corrected chi connectivity index (χ2v) is 6.54. The quantitative estimate of drug-likeness (QED) is 0.915. The molecule has 5 heteroatoms. The van der Waals surface area contributed by atoms with Gasteiger partial charge in [-0.3, -0.25) is 4.79 Å². The third-order valence-corrected chi connectivity index (χ3v) is 5.32. The molecule has 2 fully saturated rings. The molecule has 5 nitrogen and oxygen atoms in total. The van der Waals surface area contributed by atoms with Crippen LogP contribution in [-0.2, 0) is 6.54 Å². The number of amides is 1. The van der Waals surface area contributed by atoms with Crippen LogP contribution in [0.2, 0.25) is 0 Å². The molecule has 0 radical (unpaired) electrons. The Morgan fingerprint density at radius 2 is 2.40 bits per heavy atom. The first-order valence-corrected chi connectivity index (χ1v) is 7.72. The van der Waals surface area contributed by atoms with E-state index in [1.807, 2.05) is 0 Å². The summed E-state index contributed by atoms with van der Waals surface area (Å²) < 4.78 is 7.16. The summed E-state index contributed by atoms with van der Waals surface area (Å²) in [5.74, 6) is 3.04. The molecule has 1 aromatic rings. The Hall–Kier alpha value is -1.52. The van der Waals surface area contributed by atoms with Crippen LogP contribution >= 0.6 is 0 Å². The van der Waals surface area contributed by atoms with Crippen LogP contribution in [0.15, 0.2) is 6.07 Å². The number of hydrogen-bond acceptors (Lipinski definition) is 3. The van der Waals surface area contributed by atoms with Gasteiger partial charge in [0.15, 0.2) is 5.69 Å². The van der Waals surface area contributed by atoms with E-state index in [-0.39, 0.29) is 11.9 Å². The molecule has 1 aliphatic heterocycles. The molecule has 2 heterocycles. The summed E-state index contributed by atoms with van der Waals surface area (Å²) in [4.78, 5) is 12.3. The van der Waals surface area contributed by atoms with Crippen molar-refractivity contribution < 1.29 is 9.53 Å². The van der Waals surface area contributed by atoms with Gasteiger partial charge < -0.3 is 10.1 Å². The number of carbonyl (C=O) groups is 1. The van der Waals surface area contributed by atoms with Crippen molar-refractivity contribution in [2.45, 2.75) is 45.2 Å². The standard InChI is InChI=1S/C15H21N3O2/c1-9(12-7-10-2-3-11(12)6-10)16-15(19)13-8-14-18(17-13)4-5-20-14/h8-12H,2-7H2,1H3,(H,16,19). The predicted octanol–water partition coefficient (Wildman–Crippen LogP) is 1.83. The number of ether oxygens (including phenoxy) is 1. The van der Waals surface area contributed by atoms with Crippen LogP contribution in [-0.4, -0.2) is 28.3 Å². The van der Waals surface area contributed by atoms with Crippen molar-refractivity contribution >= 4 is 5.91 Å². The van der Waals surface area contributed by atoms with Crippen molar-refractivity contribution in [3.8, 4) is 5.88 Å². The van der Waals surface area contributed by atoms with E-state index in [2.05, 4.69) is 17.3 Å². The van der Waals surface area contributed by atoms with Crippen LogP contribution in [0.1, 0.15) is 43.1 Å². The first-order chi connectivity index (χ1) is 9.70. The van der Waals surface area contributed by atoms with Gasteiger partial charge in [-0.15, -0.1) is 0 Å². The molecule has 2 aliphatic carbocycles. The molecule has 4 rings (SSSR count). The average Bonchev–Trinajstić information content (AvgIpc) is 3.17. The average molecular weight is 275 g/mol. The van der Waals surface area contributed by atoms with E-state index < -0.39 is 0 Å². The Kier molecular flexibility index (Phi) is 2.75. The number of nitrogens with zero attached hydrogens (tertiary/aromatic N) is 2. The molecule has 3 aliphatic rings. The van der Waals surface area contributed by atoms with Gasteiger partial charge in [-0.05, 0) is 43.9 Å². The summed E-state index contributed by atoms with van der Waals surface area (Å²) in [6.45, 7) is 3.54. The van der Waals surface area contributed by atoms with Crippen molar-refractivity contribution in [1.82, 2.24) is 15.1 Å². The Morgan fingerprint density at radius 1 is 1.50 bits per heavy atom. The summed E-state index contributed by atoms with van der Waals surface area (Å²) in [6.07, 6.45) is 5.40. The second-order valence-electron chi connectivity index (χ2n) is 6.54. The summed E-state index contributed by atoms with van der Waals surface area (Å²) >= 11 is 0. The highest BCUT2D eigenvalue weighted by Crippen LogP contribution is 2.49. The van der Waals surface area contributed by atoms with Crippen molar-refractivity contribution in [3.05, 3.63) is 11.8 Å². The van der Waals surface area contributed by atoms with Gasteiger partial charge in [0, 0.05) is 12.1 Å². The maximum Gasteiger partial charge on any atom is 0.272 e. The van der Waals surface area contributed by atoms with Crippen LogP contribution in [0.5, 0.6) is 5.88 Å². The van der Waals surface area contributed by atoms with E-state index >= 15 is 0 Å². The number of rotatable bonds is 3. The second kappa shape index (κ2) is 4.50. The summed E-state index contributed by atoms with van der Waals surface area (Å²) in [5, 5.41) is 7.44. The van der Waals surface area contributed by atoms with Crippen LogP contribution < -0.4 is 10.1 Å². The van der Waals surface area contributed by atoms with E-state index in [1.165, 1.54) is 25.7 Å². The Bertz CT molecular complexity index is 518. The zero-order chi connectivity index (χ0) is 13.7. The minimum Gasteiger partial charge on any atom is -0.476 e. The lowest BCUT2D eigenvalue weighted by molar-refractivity contribution is 0.0909. The summed E-state index contributed by atoms with van der Waals surface area (Å²) in [6, 6.07) is 1.99. The number of carbonyl (C=O) groups excluding carboxylic acids is 1. The van der Waals surface area contributed by atoms with Gasteiger partial charge in [0.1, 0.15) is 6.61 Å². The molecule has 108 valence electrons. The predicted molar refractivity (Wildman–Crippen MR) is 73.6 cm³/mol. The highest BCUT2D eigenvalue weighted by atomic mass is 16.5. The van der Waals surface area contributed by atoms with Crippen LogP contribution in [0.3, 0.4) is 0 Å². The minimum atomic E-state index is -0.0641. The summed E-state index contributed by atoms with van der Waals surface area (Å²) in [5.41, 5.74) is 0.481. The van der Waals surface area contributed by atoms with Crippen molar-refractivity contribution in [3.63, 3.8) is 0 Å². The molecule has 1 aromatic heterocycles. The lowest BCUT2D eigenvalue weighted by atomic mass is 9.84. The highest BCUT2D eigenvalue weighted by Gasteiger charge is 2.42. The van der Waals surface area contributed by atoms with E-state index in [4.69, 9.17) is 4.74 Å². The number of nitrogens with one attached hydrogen (secondary N) is 1. The van der Waals surface area contributed by atoms with Crippen molar-refractivity contribution in [1.29, 1.82) is 0 Å². The van der Waals surface area contributed by atoms with E-state index in [0.717, 1.165) is 18.4 Å². The fourth-order valence-electron chi connectivity index (χ4n) is 4.32. The molecule has 20 heavy (non-hydrogen) atoms. The first kappa shape index (κ1) is 12.2. The van der Waals surface area contributed by atoms with E-state index in [0.29, 0.717) is 24.1 Å². The van der Waals surface area contributed by atoms with Crippen molar-refractivity contribution in [2.75, 3.05) is 6.61 Å². The Balaban J connectivity index is 1.41.